The second-order valence-electron chi connectivity index (χ2n) is 9.36. The van der Waals surface area contributed by atoms with Crippen LogP contribution in [0.5, 0.6) is 11.5 Å². The molecule has 1 atom stereocenters. The van der Waals surface area contributed by atoms with Crippen LogP contribution in [0, 0.1) is 13.8 Å². The van der Waals surface area contributed by atoms with E-state index in [0.29, 0.717) is 58.4 Å². The van der Waals surface area contributed by atoms with E-state index in [1.54, 1.807) is 0 Å². The van der Waals surface area contributed by atoms with Crippen LogP contribution in [0.4, 0.5) is 5.13 Å². The predicted octanol–water partition coefficient (Wildman–Crippen LogP) is 6.15. The van der Waals surface area contributed by atoms with Gasteiger partial charge in [-0.25, -0.2) is 0 Å². The van der Waals surface area contributed by atoms with Crippen molar-refractivity contribution in [2.24, 2.45) is 0 Å². The van der Waals surface area contributed by atoms with Crippen molar-refractivity contribution >= 4 is 33.3 Å². The summed E-state index contributed by atoms with van der Waals surface area (Å²) in [7, 11) is 0. The normalized spacial score (nSPS) is 14.8. The second kappa shape index (κ2) is 10.6. The van der Waals surface area contributed by atoms with Gasteiger partial charge in [0, 0.05) is 0 Å². The van der Waals surface area contributed by atoms with Crippen molar-refractivity contribution in [1.82, 2.24) is 10.2 Å². The summed E-state index contributed by atoms with van der Waals surface area (Å²) in [6.07, 6.45) is 2.63. The van der Waals surface area contributed by atoms with Gasteiger partial charge in [-0.3, -0.25) is 14.5 Å². The number of ether oxygens (including phenoxy) is 2. The third-order valence-electron chi connectivity index (χ3n) is 6.79. The maximum absolute atomic E-state index is 14.0. The number of hydrogen-bond acceptors (Lipinski definition) is 8. The van der Waals surface area contributed by atoms with Crippen molar-refractivity contribution in [1.29, 1.82) is 0 Å². The Bertz CT molecular complexity index is 1570. The summed E-state index contributed by atoms with van der Waals surface area (Å²) in [4.78, 5) is 29.4. The third kappa shape index (κ3) is 4.45. The van der Waals surface area contributed by atoms with Gasteiger partial charge in [-0.15, -0.1) is 10.2 Å². The molecule has 0 spiro atoms. The number of fused-ring (bicyclic) bond motifs is 2. The van der Waals surface area contributed by atoms with Crippen molar-refractivity contribution in [3.63, 3.8) is 0 Å². The number of anilines is 1. The zero-order chi connectivity index (χ0) is 27.0. The fourth-order valence-corrected chi connectivity index (χ4v) is 5.44. The maximum Gasteiger partial charge on any atom is 0.297 e. The Hall–Kier alpha value is -3.72. The maximum atomic E-state index is 14.0. The first kappa shape index (κ1) is 25.9. The Kier molecular flexibility index (Phi) is 7.21. The van der Waals surface area contributed by atoms with Crippen LogP contribution in [0.1, 0.15) is 77.5 Å². The fraction of sp³-hybridized carbons (Fsp3) is 0.379. The smallest absolute Gasteiger partial charge is 0.297 e. The molecule has 0 saturated carbocycles. The number of aromatic nitrogens is 2. The molecule has 0 N–H and O–H groups in total. The van der Waals surface area contributed by atoms with Gasteiger partial charge in [0.25, 0.3) is 5.91 Å². The van der Waals surface area contributed by atoms with Crippen LogP contribution in [0.15, 0.2) is 39.5 Å². The average Bonchev–Trinajstić information content (AvgIpc) is 3.49. The van der Waals surface area contributed by atoms with E-state index in [1.807, 2.05) is 58.0 Å². The van der Waals surface area contributed by atoms with E-state index < -0.39 is 11.9 Å². The van der Waals surface area contributed by atoms with Crippen molar-refractivity contribution < 1.29 is 18.7 Å². The zero-order valence-corrected chi connectivity index (χ0v) is 23.1. The highest BCUT2D eigenvalue weighted by atomic mass is 32.1. The molecule has 1 aliphatic heterocycles. The molecule has 0 bridgehead atoms. The molecule has 0 aliphatic carbocycles. The van der Waals surface area contributed by atoms with E-state index in [-0.39, 0.29) is 11.2 Å². The van der Waals surface area contributed by atoms with Gasteiger partial charge >= 0.3 is 0 Å². The van der Waals surface area contributed by atoms with Crippen LogP contribution in [-0.2, 0) is 6.42 Å². The largest absolute Gasteiger partial charge is 0.490 e. The number of aryl methyl sites for hydroxylation is 3. The molecule has 1 aliphatic rings. The molecule has 8 nitrogen and oxygen atoms in total. The lowest BCUT2D eigenvalue weighted by Crippen LogP contribution is -2.29. The molecule has 2 aromatic carbocycles. The lowest BCUT2D eigenvalue weighted by Gasteiger charge is -2.23. The number of carbonyl (C=O) groups is 1. The number of benzene rings is 2. The Morgan fingerprint density at radius 2 is 1.79 bits per heavy atom. The van der Waals surface area contributed by atoms with Crippen molar-refractivity contribution in [3.8, 4) is 11.5 Å². The topological polar surface area (TPSA) is 94.8 Å². The van der Waals surface area contributed by atoms with E-state index in [0.717, 1.165) is 29.0 Å². The van der Waals surface area contributed by atoms with Crippen LogP contribution < -0.4 is 19.8 Å². The number of unbranched alkanes of at least 4 members (excludes halogenated alkanes) is 1. The zero-order valence-electron chi connectivity index (χ0n) is 22.3. The standard InChI is InChI=1S/C29H31N3O5S/c1-6-9-12-36-20-11-10-18(15-22(20)35-8-3)25-24-26(33)19-13-16(4)17(5)14-21(19)37-27(24)28(34)32(25)29-31-30-23(7-2)38-29/h10-11,13-15,25H,6-9,12H2,1-5H3. The Morgan fingerprint density at radius 1 is 1.00 bits per heavy atom. The quantitative estimate of drug-likeness (QED) is 0.238. The van der Waals surface area contributed by atoms with Crippen LogP contribution >= 0.6 is 11.3 Å². The summed E-state index contributed by atoms with van der Waals surface area (Å²) in [5.74, 6) is 0.804. The van der Waals surface area contributed by atoms with Gasteiger partial charge < -0.3 is 13.9 Å². The van der Waals surface area contributed by atoms with Crippen LogP contribution in [-0.4, -0.2) is 29.3 Å². The third-order valence-corrected chi connectivity index (χ3v) is 7.86. The Balaban J connectivity index is 1.72. The molecule has 5 rings (SSSR count). The molecule has 9 heteroatoms. The summed E-state index contributed by atoms with van der Waals surface area (Å²) < 4.78 is 18.0. The molecule has 198 valence electrons. The van der Waals surface area contributed by atoms with Crippen LogP contribution in [0.2, 0.25) is 0 Å². The van der Waals surface area contributed by atoms with E-state index in [4.69, 9.17) is 13.9 Å². The molecule has 0 radical (unpaired) electrons. The van der Waals surface area contributed by atoms with Gasteiger partial charge in [-0.1, -0.05) is 37.7 Å². The van der Waals surface area contributed by atoms with Gasteiger partial charge in [0.15, 0.2) is 16.9 Å². The SMILES string of the molecule is CCCCOc1ccc(C2c3c(oc4cc(C)c(C)cc4c3=O)C(=O)N2c2nnc(CC)s2)cc1OCC. The Morgan fingerprint density at radius 3 is 2.50 bits per heavy atom. The van der Waals surface area contributed by atoms with Gasteiger partial charge in [0.2, 0.25) is 10.9 Å². The molecule has 0 saturated heterocycles. The highest BCUT2D eigenvalue weighted by Crippen LogP contribution is 2.44. The van der Waals surface area contributed by atoms with Crippen molar-refractivity contribution in [2.45, 2.75) is 59.9 Å². The summed E-state index contributed by atoms with van der Waals surface area (Å²) in [5, 5.41) is 10.2. The van der Waals surface area contributed by atoms with Crippen molar-refractivity contribution in [3.05, 3.63) is 73.6 Å². The minimum atomic E-state index is -0.749. The lowest BCUT2D eigenvalue weighted by atomic mass is 9.97. The minimum Gasteiger partial charge on any atom is -0.490 e. The molecular formula is C29H31N3O5S. The average molecular weight is 534 g/mol. The summed E-state index contributed by atoms with van der Waals surface area (Å²) in [5.41, 5.74) is 3.12. The molecule has 2 aromatic heterocycles. The number of hydrogen-bond donors (Lipinski definition) is 0. The first-order valence-corrected chi connectivity index (χ1v) is 13.8. The molecule has 1 unspecified atom stereocenters. The van der Waals surface area contributed by atoms with Gasteiger partial charge in [-0.05, 0) is 74.6 Å². The minimum absolute atomic E-state index is 0.0326. The van der Waals surface area contributed by atoms with Gasteiger partial charge in [0.1, 0.15) is 10.6 Å². The molecule has 3 heterocycles. The summed E-state index contributed by atoms with van der Waals surface area (Å²) in [6.45, 7) is 10.9. The highest BCUT2D eigenvalue weighted by Gasteiger charge is 2.45. The molecule has 4 aromatic rings. The molecule has 38 heavy (non-hydrogen) atoms. The first-order valence-electron chi connectivity index (χ1n) is 13.0. The van der Waals surface area contributed by atoms with E-state index in [9.17, 15) is 9.59 Å². The van der Waals surface area contributed by atoms with E-state index in [1.165, 1.54) is 16.2 Å². The number of nitrogens with zero attached hydrogens (tertiary/aromatic N) is 3. The molecular weight excluding hydrogens is 502 g/mol. The van der Waals surface area contributed by atoms with E-state index >= 15 is 0 Å². The monoisotopic (exact) mass is 533 g/mol. The predicted molar refractivity (Wildman–Crippen MR) is 148 cm³/mol. The Labute approximate surface area is 225 Å². The number of rotatable bonds is 9. The molecule has 1 amide bonds. The first-order chi connectivity index (χ1) is 18.4. The lowest BCUT2D eigenvalue weighted by molar-refractivity contribution is 0.0970. The summed E-state index contributed by atoms with van der Waals surface area (Å²) >= 11 is 1.33. The van der Waals surface area contributed by atoms with Crippen LogP contribution in [0.3, 0.4) is 0 Å². The van der Waals surface area contributed by atoms with E-state index in [2.05, 4.69) is 17.1 Å². The van der Waals surface area contributed by atoms with Crippen LogP contribution in [0.25, 0.3) is 11.0 Å². The number of amides is 1. The van der Waals surface area contributed by atoms with Gasteiger partial charge in [-0.2, -0.15) is 0 Å². The molecule has 0 fully saturated rings. The second-order valence-corrected chi connectivity index (χ2v) is 10.4. The van der Waals surface area contributed by atoms with Gasteiger partial charge in [0.05, 0.1) is 30.2 Å². The fourth-order valence-electron chi connectivity index (χ4n) is 4.63. The summed E-state index contributed by atoms with van der Waals surface area (Å²) in [6, 6.07) is 8.45. The highest BCUT2D eigenvalue weighted by molar-refractivity contribution is 7.15. The number of carbonyl (C=O) groups excluding carboxylic acids is 1. The van der Waals surface area contributed by atoms with Crippen molar-refractivity contribution in [2.75, 3.05) is 18.1 Å².